The van der Waals surface area contributed by atoms with Gasteiger partial charge in [-0.2, -0.15) is 0 Å². The smallest absolute Gasteiger partial charge is 0.255 e. The van der Waals surface area contributed by atoms with Crippen LogP contribution in [0.15, 0.2) is 52.9 Å². The van der Waals surface area contributed by atoms with Crippen LogP contribution in [0.1, 0.15) is 21.5 Å². The lowest BCUT2D eigenvalue weighted by atomic mass is 10.1. The van der Waals surface area contributed by atoms with E-state index < -0.39 is 0 Å². The quantitative estimate of drug-likeness (QED) is 0.464. The summed E-state index contributed by atoms with van der Waals surface area (Å²) in [4.78, 5) is 17.3. The van der Waals surface area contributed by atoms with Crippen LogP contribution in [0.3, 0.4) is 0 Å². The van der Waals surface area contributed by atoms with E-state index >= 15 is 0 Å². The molecule has 2 heterocycles. The zero-order chi connectivity index (χ0) is 21.5. The number of aryl methyl sites for hydroxylation is 2. The van der Waals surface area contributed by atoms with Gasteiger partial charge in [0.15, 0.2) is 17.1 Å². The van der Waals surface area contributed by atoms with Gasteiger partial charge >= 0.3 is 0 Å². The van der Waals surface area contributed by atoms with Crippen molar-refractivity contribution in [1.82, 2.24) is 4.98 Å². The van der Waals surface area contributed by atoms with Gasteiger partial charge in [-0.15, -0.1) is 0 Å². The molecule has 0 spiro atoms. The molecule has 7 nitrogen and oxygen atoms in total. The van der Waals surface area contributed by atoms with Gasteiger partial charge in [0, 0.05) is 11.3 Å². The number of ether oxygens (including phenoxy) is 2. The van der Waals surface area contributed by atoms with Crippen molar-refractivity contribution in [2.45, 2.75) is 13.8 Å². The second kappa shape index (κ2) is 7.36. The third kappa shape index (κ3) is 3.54. The number of oxazole rings is 1. The van der Waals surface area contributed by atoms with Crippen molar-refractivity contribution < 1.29 is 23.8 Å². The van der Waals surface area contributed by atoms with Gasteiger partial charge < -0.3 is 24.3 Å². The number of carbonyl (C=O) groups is 1. The Morgan fingerprint density at radius 3 is 2.65 bits per heavy atom. The Morgan fingerprint density at radius 2 is 1.81 bits per heavy atom. The van der Waals surface area contributed by atoms with Crippen LogP contribution in [0.4, 0.5) is 5.69 Å². The summed E-state index contributed by atoms with van der Waals surface area (Å²) >= 11 is 0. The monoisotopic (exact) mass is 416 g/mol. The van der Waals surface area contributed by atoms with Crippen LogP contribution in [0.2, 0.25) is 0 Å². The van der Waals surface area contributed by atoms with E-state index in [-0.39, 0.29) is 17.5 Å². The van der Waals surface area contributed by atoms with Gasteiger partial charge in [-0.1, -0.05) is 6.07 Å². The Kier molecular flexibility index (Phi) is 4.51. The Bertz CT molecular complexity index is 1330. The molecule has 1 aliphatic rings. The SMILES string of the molecule is Cc1cc(C)c2oc(-c3cc(NC(=O)c4ccc5c(c4)OCCO5)ccc3O)nc2c1. The van der Waals surface area contributed by atoms with Crippen LogP contribution in [0, 0.1) is 13.8 Å². The molecule has 5 rings (SSSR count). The van der Waals surface area contributed by atoms with E-state index in [1.807, 2.05) is 26.0 Å². The van der Waals surface area contributed by atoms with E-state index in [9.17, 15) is 9.90 Å². The molecule has 7 heteroatoms. The van der Waals surface area contributed by atoms with Gasteiger partial charge in [-0.3, -0.25) is 4.79 Å². The molecule has 156 valence electrons. The molecule has 1 aromatic heterocycles. The summed E-state index contributed by atoms with van der Waals surface area (Å²) in [5.74, 6) is 1.16. The molecular weight excluding hydrogens is 396 g/mol. The van der Waals surface area contributed by atoms with Crippen molar-refractivity contribution in [3.05, 3.63) is 65.2 Å². The molecule has 0 bridgehead atoms. The lowest BCUT2D eigenvalue weighted by Crippen LogP contribution is -2.17. The maximum absolute atomic E-state index is 12.7. The number of hydrogen-bond donors (Lipinski definition) is 2. The van der Waals surface area contributed by atoms with Crippen molar-refractivity contribution >= 4 is 22.7 Å². The Hall–Kier alpha value is -4.00. The number of phenols is 1. The van der Waals surface area contributed by atoms with Crippen LogP contribution in [0.25, 0.3) is 22.6 Å². The average Bonchev–Trinajstić information content (AvgIpc) is 3.19. The molecule has 2 N–H and O–H groups in total. The number of anilines is 1. The second-order valence-corrected chi connectivity index (χ2v) is 7.49. The maximum atomic E-state index is 12.7. The molecule has 1 aliphatic heterocycles. The topological polar surface area (TPSA) is 93.8 Å². The lowest BCUT2D eigenvalue weighted by Gasteiger charge is -2.18. The molecule has 0 saturated carbocycles. The molecule has 4 aromatic rings. The van der Waals surface area contributed by atoms with Crippen molar-refractivity contribution in [3.8, 4) is 28.7 Å². The van der Waals surface area contributed by atoms with Crippen molar-refractivity contribution in [2.75, 3.05) is 18.5 Å². The first-order valence-electron chi connectivity index (χ1n) is 9.90. The third-order valence-electron chi connectivity index (χ3n) is 5.11. The minimum absolute atomic E-state index is 0.0123. The zero-order valence-electron chi connectivity index (χ0n) is 17.1. The summed E-state index contributed by atoms with van der Waals surface area (Å²) in [6.45, 7) is 4.88. The standard InChI is InChI=1S/C24H20N2O5/c1-13-9-14(2)22-18(10-13)26-24(31-22)17-12-16(4-5-19(17)27)25-23(28)15-3-6-20-21(11-15)30-8-7-29-20/h3-6,9-12,27H,7-8H2,1-2H3,(H,25,28). The minimum atomic E-state index is -0.308. The number of phenolic OH excluding ortho intramolecular Hbond substituents is 1. The van der Waals surface area contributed by atoms with Gasteiger partial charge in [0.25, 0.3) is 5.91 Å². The number of nitrogens with one attached hydrogen (secondary N) is 1. The highest BCUT2D eigenvalue weighted by Crippen LogP contribution is 2.35. The lowest BCUT2D eigenvalue weighted by molar-refractivity contribution is 0.102. The van der Waals surface area contributed by atoms with Crippen LogP contribution >= 0.6 is 0 Å². The first kappa shape index (κ1) is 19.0. The molecule has 1 amide bonds. The maximum Gasteiger partial charge on any atom is 0.255 e. The molecule has 0 aliphatic carbocycles. The Labute approximate surface area is 178 Å². The summed E-state index contributed by atoms with van der Waals surface area (Å²) in [5, 5.41) is 13.2. The summed E-state index contributed by atoms with van der Waals surface area (Å²) in [6.07, 6.45) is 0. The fourth-order valence-electron chi connectivity index (χ4n) is 3.66. The molecule has 0 saturated heterocycles. The van der Waals surface area contributed by atoms with E-state index in [0.29, 0.717) is 47.1 Å². The van der Waals surface area contributed by atoms with Gasteiger partial charge in [-0.25, -0.2) is 4.98 Å². The highest BCUT2D eigenvalue weighted by atomic mass is 16.6. The van der Waals surface area contributed by atoms with Crippen molar-refractivity contribution in [2.24, 2.45) is 0 Å². The highest BCUT2D eigenvalue weighted by molar-refractivity contribution is 6.05. The van der Waals surface area contributed by atoms with Crippen LogP contribution < -0.4 is 14.8 Å². The van der Waals surface area contributed by atoms with Crippen LogP contribution in [-0.2, 0) is 0 Å². The molecular formula is C24H20N2O5. The van der Waals surface area contributed by atoms with E-state index in [1.165, 1.54) is 6.07 Å². The average molecular weight is 416 g/mol. The Balaban J connectivity index is 1.45. The van der Waals surface area contributed by atoms with E-state index in [2.05, 4.69) is 10.3 Å². The number of benzene rings is 3. The Morgan fingerprint density at radius 1 is 1.00 bits per heavy atom. The number of aromatic hydroxyl groups is 1. The number of carbonyl (C=O) groups excluding carboxylic acids is 1. The van der Waals surface area contributed by atoms with Gasteiger partial charge in [0.2, 0.25) is 5.89 Å². The molecule has 0 radical (unpaired) electrons. The molecule has 0 atom stereocenters. The summed E-state index contributed by atoms with van der Waals surface area (Å²) in [5.41, 5.74) is 4.78. The van der Waals surface area contributed by atoms with E-state index in [4.69, 9.17) is 13.9 Å². The number of amides is 1. The fraction of sp³-hybridized carbons (Fsp3) is 0.167. The molecule has 3 aromatic carbocycles. The third-order valence-corrected chi connectivity index (χ3v) is 5.11. The largest absolute Gasteiger partial charge is 0.507 e. The first-order chi connectivity index (χ1) is 15.0. The van der Waals surface area contributed by atoms with Crippen molar-refractivity contribution in [1.29, 1.82) is 0 Å². The first-order valence-corrected chi connectivity index (χ1v) is 9.90. The van der Waals surface area contributed by atoms with Crippen LogP contribution in [-0.4, -0.2) is 29.2 Å². The molecule has 0 unspecified atom stereocenters. The number of nitrogens with zero attached hydrogens (tertiary/aromatic N) is 1. The number of hydrogen-bond acceptors (Lipinski definition) is 6. The predicted octanol–water partition coefficient (Wildman–Crippen LogP) is 4.84. The van der Waals surface area contributed by atoms with Gasteiger partial charge in [-0.05, 0) is 67.4 Å². The van der Waals surface area contributed by atoms with Crippen molar-refractivity contribution in [3.63, 3.8) is 0 Å². The van der Waals surface area contributed by atoms with E-state index in [0.717, 1.165) is 16.6 Å². The minimum Gasteiger partial charge on any atom is -0.507 e. The van der Waals surface area contributed by atoms with Gasteiger partial charge in [0.05, 0.1) is 5.56 Å². The summed E-state index contributed by atoms with van der Waals surface area (Å²) < 4.78 is 17.0. The molecule has 31 heavy (non-hydrogen) atoms. The van der Waals surface area contributed by atoms with Gasteiger partial charge in [0.1, 0.15) is 24.5 Å². The normalized spacial score (nSPS) is 12.7. The predicted molar refractivity (Wildman–Crippen MR) is 116 cm³/mol. The fourth-order valence-corrected chi connectivity index (χ4v) is 3.66. The van der Waals surface area contributed by atoms with E-state index in [1.54, 1.807) is 30.3 Å². The second-order valence-electron chi connectivity index (χ2n) is 7.49. The summed E-state index contributed by atoms with van der Waals surface area (Å²) in [6, 6.07) is 13.7. The number of fused-ring (bicyclic) bond motifs is 2. The highest BCUT2D eigenvalue weighted by Gasteiger charge is 2.18. The summed E-state index contributed by atoms with van der Waals surface area (Å²) in [7, 11) is 0. The van der Waals surface area contributed by atoms with Crippen LogP contribution in [0.5, 0.6) is 17.2 Å². The number of aromatic nitrogens is 1. The molecule has 0 fully saturated rings. The number of rotatable bonds is 3. The zero-order valence-corrected chi connectivity index (χ0v) is 17.1.